The Labute approximate surface area is 152 Å². The molecule has 0 unspecified atom stereocenters. The zero-order valence-electron chi connectivity index (χ0n) is 15.1. The third-order valence-electron chi connectivity index (χ3n) is 4.85. The Morgan fingerprint density at radius 2 is 1.73 bits per heavy atom. The fourth-order valence-corrected chi connectivity index (χ4v) is 3.44. The molecule has 132 valence electrons. The maximum absolute atomic E-state index is 12.7. The number of aryl methyl sites for hydroxylation is 1. The molecule has 2 aromatic carbocycles. The van der Waals surface area contributed by atoms with E-state index in [1.165, 1.54) is 11.1 Å². The Kier molecular flexibility index (Phi) is 3.95. The average molecular weight is 347 g/mol. The largest absolute Gasteiger partial charge is 0.348 e. The van der Waals surface area contributed by atoms with Crippen LogP contribution in [0.15, 0.2) is 54.7 Å². The first-order valence-corrected chi connectivity index (χ1v) is 8.59. The number of para-hydroxylation sites is 1. The molecule has 0 bridgehead atoms. The first-order valence-electron chi connectivity index (χ1n) is 8.59. The van der Waals surface area contributed by atoms with Crippen LogP contribution in [0.5, 0.6) is 0 Å². The lowest BCUT2D eigenvalue weighted by atomic mass is 10.1. The molecule has 0 fully saturated rings. The van der Waals surface area contributed by atoms with Gasteiger partial charge in [-0.1, -0.05) is 47.2 Å². The summed E-state index contributed by atoms with van der Waals surface area (Å²) in [5, 5.41) is 8.60. The third kappa shape index (κ3) is 2.73. The lowest BCUT2D eigenvalue weighted by Crippen LogP contribution is -2.45. The molecule has 6 heteroatoms. The monoisotopic (exact) mass is 347 g/mol. The molecular weight excluding hydrogens is 326 g/mol. The second-order valence-electron chi connectivity index (χ2n) is 6.74. The summed E-state index contributed by atoms with van der Waals surface area (Å²) in [6.45, 7) is 2.72. The van der Waals surface area contributed by atoms with Crippen LogP contribution in [0.3, 0.4) is 0 Å². The Balaban J connectivity index is 1.63. The van der Waals surface area contributed by atoms with Crippen LogP contribution >= 0.6 is 0 Å². The Morgan fingerprint density at radius 3 is 2.50 bits per heavy atom. The summed E-state index contributed by atoms with van der Waals surface area (Å²) in [6.07, 6.45) is 1.64. The van der Waals surface area contributed by atoms with Gasteiger partial charge in [0.1, 0.15) is 5.69 Å². The first kappa shape index (κ1) is 16.3. The molecule has 0 N–H and O–H groups in total. The highest BCUT2D eigenvalue weighted by molar-refractivity contribution is 6.01. The van der Waals surface area contributed by atoms with Crippen LogP contribution in [0.2, 0.25) is 0 Å². The minimum Gasteiger partial charge on any atom is -0.348 e. The van der Waals surface area contributed by atoms with Crippen molar-refractivity contribution in [2.75, 3.05) is 19.0 Å². The zero-order valence-corrected chi connectivity index (χ0v) is 15.1. The summed E-state index contributed by atoms with van der Waals surface area (Å²) in [5.41, 5.74) is 4.77. The molecule has 1 aliphatic heterocycles. The van der Waals surface area contributed by atoms with Gasteiger partial charge in [0.05, 0.1) is 24.0 Å². The molecule has 0 aliphatic carbocycles. The van der Waals surface area contributed by atoms with Gasteiger partial charge in [0.25, 0.3) is 5.91 Å². The van der Waals surface area contributed by atoms with Gasteiger partial charge in [-0.25, -0.2) is 4.68 Å². The van der Waals surface area contributed by atoms with Gasteiger partial charge in [0.15, 0.2) is 6.17 Å². The number of amides is 1. The van der Waals surface area contributed by atoms with E-state index in [-0.39, 0.29) is 12.1 Å². The van der Waals surface area contributed by atoms with Crippen LogP contribution < -0.4 is 4.90 Å². The van der Waals surface area contributed by atoms with Crippen LogP contribution in [0.4, 0.5) is 5.69 Å². The van der Waals surface area contributed by atoms with Crippen molar-refractivity contribution in [3.8, 4) is 0 Å². The van der Waals surface area contributed by atoms with E-state index in [1.54, 1.807) is 11.9 Å². The summed E-state index contributed by atoms with van der Waals surface area (Å²) in [6, 6.07) is 16.0. The molecule has 0 radical (unpaired) electrons. The summed E-state index contributed by atoms with van der Waals surface area (Å²) < 4.78 is 1.81. The van der Waals surface area contributed by atoms with Gasteiger partial charge in [-0.2, -0.15) is 0 Å². The molecule has 1 amide bonds. The molecule has 4 rings (SSSR count). The van der Waals surface area contributed by atoms with E-state index in [1.807, 2.05) is 42.2 Å². The molecule has 1 aromatic heterocycles. The lowest BCUT2D eigenvalue weighted by Gasteiger charge is -2.40. The molecule has 6 nitrogen and oxygen atoms in total. The number of hydrogen-bond donors (Lipinski definition) is 0. The highest BCUT2D eigenvalue weighted by atomic mass is 16.2. The Morgan fingerprint density at radius 1 is 1.00 bits per heavy atom. The topological polar surface area (TPSA) is 54.3 Å². The van der Waals surface area contributed by atoms with Crippen molar-refractivity contribution in [1.82, 2.24) is 19.9 Å². The van der Waals surface area contributed by atoms with E-state index in [0.29, 0.717) is 12.1 Å². The number of carbonyl (C=O) groups excluding carboxylic acids is 1. The molecule has 0 saturated heterocycles. The smallest absolute Gasteiger partial charge is 0.257 e. The van der Waals surface area contributed by atoms with Crippen LogP contribution in [-0.2, 0) is 6.54 Å². The standard InChI is InChI=1S/C20H21N5O/c1-14-8-10-15(11-9-14)12-25-13-17(21-22-25)19-23(2)18-7-5-4-6-16(18)20(26)24(19)3/h4-11,13,19H,12H2,1-3H3/t19-/m0/s1. The van der Waals surface area contributed by atoms with E-state index < -0.39 is 0 Å². The highest BCUT2D eigenvalue weighted by Crippen LogP contribution is 2.35. The predicted molar refractivity (Wildman–Crippen MR) is 100.0 cm³/mol. The van der Waals surface area contributed by atoms with Crippen molar-refractivity contribution >= 4 is 11.6 Å². The van der Waals surface area contributed by atoms with Crippen molar-refractivity contribution < 1.29 is 4.79 Å². The SMILES string of the molecule is Cc1ccc(Cn2cc([C@@H]3N(C)C(=O)c4ccccc4N3C)nn2)cc1. The van der Waals surface area contributed by atoms with Gasteiger partial charge in [0, 0.05) is 14.1 Å². The van der Waals surface area contributed by atoms with E-state index in [2.05, 4.69) is 46.4 Å². The summed E-state index contributed by atoms with van der Waals surface area (Å²) in [5.74, 6) is -0.00298. The number of anilines is 1. The number of carbonyl (C=O) groups is 1. The van der Waals surface area contributed by atoms with Crippen LogP contribution in [0.1, 0.15) is 33.3 Å². The van der Waals surface area contributed by atoms with Crippen molar-refractivity contribution in [3.63, 3.8) is 0 Å². The molecule has 0 spiro atoms. The van der Waals surface area contributed by atoms with E-state index in [4.69, 9.17) is 0 Å². The highest BCUT2D eigenvalue weighted by Gasteiger charge is 2.35. The van der Waals surface area contributed by atoms with E-state index in [9.17, 15) is 4.79 Å². The number of rotatable bonds is 3. The Hall–Kier alpha value is -3.15. The number of fused-ring (bicyclic) bond motifs is 1. The Bertz CT molecular complexity index is 947. The summed E-state index contributed by atoms with van der Waals surface area (Å²) >= 11 is 0. The molecule has 3 aromatic rings. The molecule has 26 heavy (non-hydrogen) atoms. The third-order valence-corrected chi connectivity index (χ3v) is 4.85. The number of nitrogens with zero attached hydrogens (tertiary/aromatic N) is 5. The zero-order chi connectivity index (χ0) is 18.3. The first-order chi connectivity index (χ1) is 12.5. The fraction of sp³-hybridized carbons (Fsp3) is 0.250. The van der Waals surface area contributed by atoms with Gasteiger partial charge < -0.3 is 9.80 Å². The van der Waals surface area contributed by atoms with Gasteiger partial charge in [-0.15, -0.1) is 5.10 Å². The summed E-state index contributed by atoms with van der Waals surface area (Å²) in [4.78, 5) is 16.5. The molecule has 2 heterocycles. The maximum atomic E-state index is 12.7. The lowest BCUT2D eigenvalue weighted by molar-refractivity contribution is 0.0707. The van der Waals surface area contributed by atoms with Gasteiger partial charge in [0.2, 0.25) is 0 Å². The average Bonchev–Trinajstić information content (AvgIpc) is 3.10. The predicted octanol–water partition coefficient (Wildman–Crippen LogP) is 2.86. The number of hydrogen-bond acceptors (Lipinski definition) is 4. The van der Waals surface area contributed by atoms with Crippen molar-refractivity contribution in [2.45, 2.75) is 19.6 Å². The maximum Gasteiger partial charge on any atom is 0.257 e. The minimum absolute atomic E-state index is 0.00298. The molecule has 0 saturated carbocycles. The normalized spacial score (nSPS) is 16.7. The minimum atomic E-state index is -0.274. The fourth-order valence-electron chi connectivity index (χ4n) is 3.44. The van der Waals surface area contributed by atoms with Gasteiger partial charge >= 0.3 is 0 Å². The molecule has 1 aliphatic rings. The van der Waals surface area contributed by atoms with Crippen molar-refractivity contribution in [2.24, 2.45) is 0 Å². The van der Waals surface area contributed by atoms with Crippen molar-refractivity contribution in [3.05, 3.63) is 77.1 Å². The van der Waals surface area contributed by atoms with Gasteiger partial charge in [-0.3, -0.25) is 4.79 Å². The number of benzene rings is 2. The number of aromatic nitrogens is 3. The molecule has 1 atom stereocenters. The quantitative estimate of drug-likeness (QED) is 0.731. The van der Waals surface area contributed by atoms with Crippen LogP contribution in [-0.4, -0.2) is 39.9 Å². The molecular formula is C20H21N5O. The second-order valence-corrected chi connectivity index (χ2v) is 6.74. The summed E-state index contributed by atoms with van der Waals surface area (Å²) in [7, 11) is 3.78. The van der Waals surface area contributed by atoms with Crippen molar-refractivity contribution in [1.29, 1.82) is 0 Å². The second kappa shape index (κ2) is 6.29. The van der Waals surface area contributed by atoms with Gasteiger partial charge in [-0.05, 0) is 24.6 Å². The van der Waals surface area contributed by atoms with Crippen LogP contribution in [0.25, 0.3) is 0 Å². The van der Waals surface area contributed by atoms with Crippen LogP contribution in [0, 0.1) is 6.92 Å². The van der Waals surface area contributed by atoms with E-state index in [0.717, 1.165) is 11.4 Å². The van der Waals surface area contributed by atoms with E-state index >= 15 is 0 Å².